The Hall–Kier alpha value is -1.06. The second-order valence-corrected chi connectivity index (χ2v) is 3.87. The van der Waals surface area contributed by atoms with Crippen LogP contribution < -0.4 is 10.5 Å². The first-order valence-electron chi connectivity index (χ1n) is 4.72. The Morgan fingerprint density at radius 2 is 2.29 bits per heavy atom. The standard InChI is InChI=1S/C11H15NO2/c1-13-7-11(12)6-9-4-2-3-5-10(9)14-8-11/h2-5H,6-8,12H2,1H3/t11-/m1/s1. The zero-order chi connectivity index (χ0) is 10.0. The topological polar surface area (TPSA) is 44.5 Å². The number of hydrogen-bond donors (Lipinski definition) is 1. The number of ether oxygens (including phenoxy) is 2. The fourth-order valence-corrected chi connectivity index (χ4v) is 1.82. The molecule has 2 rings (SSSR count). The van der Waals surface area contributed by atoms with Crippen molar-refractivity contribution in [1.82, 2.24) is 0 Å². The van der Waals surface area contributed by atoms with Gasteiger partial charge < -0.3 is 15.2 Å². The largest absolute Gasteiger partial charge is 0.491 e. The third kappa shape index (κ3) is 1.74. The third-order valence-corrected chi connectivity index (χ3v) is 2.46. The van der Waals surface area contributed by atoms with Gasteiger partial charge in [0.1, 0.15) is 12.4 Å². The summed E-state index contributed by atoms with van der Waals surface area (Å²) in [6.45, 7) is 1.05. The van der Waals surface area contributed by atoms with Crippen molar-refractivity contribution in [2.24, 2.45) is 5.73 Å². The SMILES string of the molecule is COC[C@@]1(N)COc2ccccc2C1. The van der Waals surface area contributed by atoms with Crippen LogP contribution in [-0.2, 0) is 11.2 Å². The van der Waals surface area contributed by atoms with Gasteiger partial charge in [-0.1, -0.05) is 18.2 Å². The van der Waals surface area contributed by atoms with Gasteiger partial charge in [0.25, 0.3) is 0 Å². The fourth-order valence-electron chi connectivity index (χ4n) is 1.82. The van der Waals surface area contributed by atoms with Gasteiger partial charge in [0.2, 0.25) is 0 Å². The first kappa shape index (κ1) is 9.49. The lowest BCUT2D eigenvalue weighted by Gasteiger charge is -2.33. The quantitative estimate of drug-likeness (QED) is 0.761. The molecule has 0 aromatic heterocycles. The van der Waals surface area contributed by atoms with E-state index in [9.17, 15) is 0 Å². The van der Waals surface area contributed by atoms with E-state index in [4.69, 9.17) is 15.2 Å². The Morgan fingerprint density at radius 3 is 3.07 bits per heavy atom. The van der Waals surface area contributed by atoms with E-state index in [2.05, 4.69) is 0 Å². The Balaban J connectivity index is 2.20. The number of benzene rings is 1. The van der Waals surface area contributed by atoms with Gasteiger partial charge >= 0.3 is 0 Å². The molecule has 1 heterocycles. The highest BCUT2D eigenvalue weighted by Crippen LogP contribution is 2.27. The van der Waals surface area contributed by atoms with Crippen molar-refractivity contribution in [3.8, 4) is 5.75 Å². The smallest absolute Gasteiger partial charge is 0.122 e. The fraction of sp³-hybridized carbons (Fsp3) is 0.455. The molecule has 76 valence electrons. The van der Waals surface area contributed by atoms with Crippen LogP contribution in [0.25, 0.3) is 0 Å². The minimum Gasteiger partial charge on any atom is -0.491 e. The van der Waals surface area contributed by atoms with Gasteiger partial charge in [-0.05, 0) is 18.1 Å². The van der Waals surface area contributed by atoms with E-state index >= 15 is 0 Å². The number of rotatable bonds is 2. The van der Waals surface area contributed by atoms with Crippen LogP contribution >= 0.6 is 0 Å². The zero-order valence-corrected chi connectivity index (χ0v) is 8.32. The molecule has 0 bridgehead atoms. The van der Waals surface area contributed by atoms with E-state index < -0.39 is 0 Å². The molecule has 1 aromatic rings. The molecule has 0 fully saturated rings. The Kier molecular flexibility index (Phi) is 2.44. The normalized spacial score (nSPS) is 25.3. The molecule has 0 spiro atoms. The van der Waals surface area contributed by atoms with E-state index in [-0.39, 0.29) is 5.54 Å². The van der Waals surface area contributed by atoms with Crippen LogP contribution in [0.15, 0.2) is 24.3 Å². The predicted molar refractivity (Wildman–Crippen MR) is 54.4 cm³/mol. The molecule has 0 saturated carbocycles. The molecule has 2 N–H and O–H groups in total. The van der Waals surface area contributed by atoms with Gasteiger partial charge in [-0.2, -0.15) is 0 Å². The number of methoxy groups -OCH3 is 1. The van der Waals surface area contributed by atoms with Crippen molar-refractivity contribution in [3.63, 3.8) is 0 Å². The number of nitrogens with two attached hydrogens (primary N) is 1. The lowest BCUT2D eigenvalue weighted by Crippen LogP contribution is -2.53. The van der Waals surface area contributed by atoms with Crippen LogP contribution in [0.3, 0.4) is 0 Å². The molecule has 0 unspecified atom stereocenters. The van der Waals surface area contributed by atoms with Crippen molar-refractivity contribution in [2.75, 3.05) is 20.3 Å². The first-order valence-corrected chi connectivity index (χ1v) is 4.72. The molecule has 1 atom stereocenters. The summed E-state index contributed by atoms with van der Waals surface area (Å²) in [7, 11) is 1.66. The molecule has 3 nitrogen and oxygen atoms in total. The van der Waals surface area contributed by atoms with Gasteiger partial charge in [-0.25, -0.2) is 0 Å². The molecule has 0 saturated heterocycles. The van der Waals surface area contributed by atoms with E-state index in [0.717, 1.165) is 12.2 Å². The molecule has 1 aliphatic heterocycles. The van der Waals surface area contributed by atoms with Gasteiger partial charge in [0, 0.05) is 7.11 Å². The second-order valence-electron chi connectivity index (χ2n) is 3.87. The number of hydrogen-bond acceptors (Lipinski definition) is 3. The van der Waals surface area contributed by atoms with Gasteiger partial charge in [0.05, 0.1) is 12.1 Å². The maximum atomic E-state index is 6.13. The Labute approximate surface area is 83.8 Å². The summed E-state index contributed by atoms with van der Waals surface area (Å²) >= 11 is 0. The maximum absolute atomic E-state index is 6.13. The summed E-state index contributed by atoms with van der Waals surface area (Å²) in [6, 6.07) is 7.99. The Bertz CT molecular complexity index is 327. The molecule has 1 aromatic carbocycles. The lowest BCUT2D eigenvalue weighted by atomic mass is 9.91. The molecule has 0 aliphatic carbocycles. The summed E-state index contributed by atoms with van der Waals surface area (Å²) in [6.07, 6.45) is 0.816. The van der Waals surface area contributed by atoms with Crippen LogP contribution in [0.4, 0.5) is 0 Å². The lowest BCUT2D eigenvalue weighted by molar-refractivity contribution is 0.0843. The van der Waals surface area contributed by atoms with E-state index in [1.807, 2.05) is 24.3 Å². The molecular formula is C11H15NO2. The molecular weight excluding hydrogens is 178 g/mol. The highest BCUT2D eigenvalue weighted by Gasteiger charge is 2.31. The molecule has 3 heteroatoms. The average Bonchev–Trinajstić information content (AvgIpc) is 2.17. The van der Waals surface area contributed by atoms with Gasteiger partial charge in [0.15, 0.2) is 0 Å². The van der Waals surface area contributed by atoms with Crippen LogP contribution in [0.1, 0.15) is 5.56 Å². The summed E-state index contributed by atoms with van der Waals surface area (Å²) in [5.74, 6) is 0.949. The van der Waals surface area contributed by atoms with Crippen molar-refractivity contribution in [2.45, 2.75) is 12.0 Å². The van der Waals surface area contributed by atoms with Gasteiger partial charge in [-0.3, -0.25) is 0 Å². The van der Waals surface area contributed by atoms with Crippen molar-refractivity contribution < 1.29 is 9.47 Å². The number of fused-ring (bicyclic) bond motifs is 1. The zero-order valence-electron chi connectivity index (χ0n) is 8.32. The van der Waals surface area contributed by atoms with E-state index in [1.54, 1.807) is 7.11 Å². The minimum absolute atomic E-state index is 0.372. The molecule has 0 radical (unpaired) electrons. The van der Waals surface area contributed by atoms with Gasteiger partial charge in [-0.15, -0.1) is 0 Å². The molecule has 14 heavy (non-hydrogen) atoms. The first-order chi connectivity index (χ1) is 6.73. The maximum Gasteiger partial charge on any atom is 0.122 e. The summed E-state index contributed by atoms with van der Waals surface area (Å²) in [4.78, 5) is 0. The highest BCUT2D eigenvalue weighted by molar-refractivity contribution is 5.36. The van der Waals surface area contributed by atoms with Crippen LogP contribution in [0.2, 0.25) is 0 Å². The average molecular weight is 193 g/mol. The molecule has 1 aliphatic rings. The molecule has 0 amide bonds. The summed E-state index contributed by atoms with van der Waals surface area (Å²) in [5, 5.41) is 0. The van der Waals surface area contributed by atoms with Crippen LogP contribution in [-0.4, -0.2) is 25.9 Å². The van der Waals surface area contributed by atoms with Crippen molar-refractivity contribution in [1.29, 1.82) is 0 Å². The Morgan fingerprint density at radius 1 is 1.50 bits per heavy atom. The monoisotopic (exact) mass is 193 g/mol. The summed E-state index contributed by atoms with van der Waals surface area (Å²) < 4.78 is 10.7. The van der Waals surface area contributed by atoms with E-state index in [0.29, 0.717) is 13.2 Å². The second kappa shape index (κ2) is 3.59. The van der Waals surface area contributed by atoms with E-state index in [1.165, 1.54) is 5.56 Å². The van der Waals surface area contributed by atoms with Crippen molar-refractivity contribution in [3.05, 3.63) is 29.8 Å². The summed E-state index contributed by atoms with van der Waals surface area (Å²) in [5.41, 5.74) is 6.93. The number of para-hydroxylation sites is 1. The highest BCUT2D eigenvalue weighted by atomic mass is 16.5. The van der Waals surface area contributed by atoms with Crippen LogP contribution in [0, 0.1) is 0 Å². The van der Waals surface area contributed by atoms with Crippen LogP contribution in [0.5, 0.6) is 5.75 Å². The predicted octanol–water partition coefficient (Wildman–Crippen LogP) is 0.965. The van der Waals surface area contributed by atoms with Crippen molar-refractivity contribution >= 4 is 0 Å². The minimum atomic E-state index is -0.372. The third-order valence-electron chi connectivity index (χ3n) is 2.46.